The normalized spacial score (nSPS) is 11.4. The van der Waals surface area contributed by atoms with E-state index in [0.29, 0.717) is 10.6 Å². The van der Waals surface area contributed by atoms with E-state index in [9.17, 15) is 4.79 Å². The van der Waals surface area contributed by atoms with Gasteiger partial charge in [0, 0.05) is 17.1 Å². The van der Waals surface area contributed by atoms with Crippen LogP contribution < -0.4 is 11.5 Å². The first-order chi connectivity index (χ1) is 6.65. The summed E-state index contributed by atoms with van der Waals surface area (Å²) in [5.74, 6) is -0.230. The van der Waals surface area contributed by atoms with Gasteiger partial charge in [0.2, 0.25) is 5.78 Å². The van der Waals surface area contributed by atoms with Gasteiger partial charge < -0.3 is 11.5 Å². The third kappa shape index (κ3) is 2.58. The highest BCUT2D eigenvalue weighted by Gasteiger charge is 2.07. The molecule has 0 aromatic heterocycles. The third-order valence-electron chi connectivity index (χ3n) is 1.71. The van der Waals surface area contributed by atoms with Crippen molar-refractivity contribution in [3.8, 4) is 0 Å². The zero-order chi connectivity index (χ0) is 10.6. The number of benzene rings is 1. The Bertz CT molecular complexity index is 357. The van der Waals surface area contributed by atoms with Crippen LogP contribution in [-0.2, 0) is 0 Å². The Hall–Kier alpha value is -1.32. The van der Waals surface area contributed by atoms with E-state index in [1.54, 1.807) is 24.3 Å². The molecule has 74 valence electrons. The molecule has 0 saturated heterocycles. The molecule has 1 aromatic carbocycles. The van der Waals surface area contributed by atoms with Crippen LogP contribution in [0.5, 0.6) is 0 Å². The number of carbonyl (C=O) groups is 1. The van der Waals surface area contributed by atoms with Crippen LogP contribution in [0.1, 0.15) is 10.4 Å². The van der Waals surface area contributed by atoms with Crippen molar-refractivity contribution in [1.82, 2.24) is 0 Å². The maximum atomic E-state index is 11.6. The standard InChI is InChI=1S/C10H11ClN2O/c11-8-3-1-7(2-4-8)10(14)9(13)5-6-12/h1-5H,6,12-13H2. The lowest BCUT2D eigenvalue weighted by molar-refractivity contribution is 0.103. The van der Waals surface area contributed by atoms with E-state index in [-0.39, 0.29) is 18.0 Å². The quantitative estimate of drug-likeness (QED) is 0.584. The molecule has 0 radical (unpaired) electrons. The van der Waals surface area contributed by atoms with E-state index < -0.39 is 0 Å². The first-order valence-corrected chi connectivity index (χ1v) is 4.49. The molecule has 3 nitrogen and oxygen atoms in total. The van der Waals surface area contributed by atoms with Gasteiger partial charge in [0.05, 0.1) is 5.70 Å². The summed E-state index contributed by atoms with van der Waals surface area (Å²) in [5, 5.41) is 0.586. The smallest absolute Gasteiger partial charge is 0.208 e. The second kappa shape index (κ2) is 4.79. The average molecular weight is 211 g/mol. The fourth-order valence-electron chi connectivity index (χ4n) is 0.988. The first kappa shape index (κ1) is 10.8. The lowest BCUT2D eigenvalue weighted by Crippen LogP contribution is -2.13. The highest BCUT2D eigenvalue weighted by molar-refractivity contribution is 6.30. The van der Waals surface area contributed by atoms with Crippen molar-refractivity contribution in [3.63, 3.8) is 0 Å². The van der Waals surface area contributed by atoms with Crippen LogP contribution >= 0.6 is 11.6 Å². The van der Waals surface area contributed by atoms with E-state index in [4.69, 9.17) is 23.1 Å². The summed E-state index contributed by atoms with van der Waals surface area (Å²) in [5.41, 5.74) is 11.4. The minimum atomic E-state index is -0.230. The topological polar surface area (TPSA) is 69.1 Å². The molecule has 0 atom stereocenters. The fourth-order valence-corrected chi connectivity index (χ4v) is 1.11. The number of nitrogens with two attached hydrogens (primary N) is 2. The summed E-state index contributed by atoms with van der Waals surface area (Å²) >= 11 is 5.68. The number of carbonyl (C=O) groups excluding carboxylic acids is 1. The number of hydrogen-bond donors (Lipinski definition) is 2. The van der Waals surface area contributed by atoms with Crippen molar-refractivity contribution >= 4 is 17.4 Å². The van der Waals surface area contributed by atoms with Crippen LogP contribution in [0.4, 0.5) is 0 Å². The van der Waals surface area contributed by atoms with E-state index in [1.165, 1.54) is 6.08 Å². The van der Waals surface area contributed by atoms with Gasteiger partial charge >= 0.3 is 0 Å². The van der Waals surface area contributed by atoms with Crippen LogP contribution in [-0.4, -0.2) is 12.3 Å². The van der Waals surface area contributed by atoms with Crippen molar-refractivity contribution < 1.29 is 4.79 Å². The molecule has 0 fully saturated rings. The average Bonchev–Trinajstić information content (AvgIpc) is 2.18. The summed E-state index contributed by atoms with van der Waals surface area (Å²) in [6.07, 6.45) is 1.48. The van der Waals surface area contributed by atoms with Crippen LogP contribution in [0.25, 0.3) is 0 Å². The van der Waals surface area contributed by atoms with Crippen LogP contribution in [0.2, 0.25) is 5.02 Å². The Morgan fingerprint density at radius 2 is 1.93 bits per heavy atom. The molecular weight excluding hydrogens is 200 g/mol. The zero-order valence-corrected chi connectivity index (χ0v) is 8.29. The van der Waals surface area contributed by atoms with Crippen molar-refractivity contribution in [2.75, 3.05) is 6.54 Å². The fraction of sp³-hybridized carbons (Fsp3) is 0.100. The largest absolute Gasteiger partial charge is 0.396 e. The van der Waals surface area contributed by atoms with E-state index >= 15 is 0 Å². The highest BCUT2D eigenvalue weighted by atomic mass is 35.5. The number of hydrogen-bond acceptors (Lipinski definition) is 3. The van der Waals surface area contributed by atoms with Gasteiger partial charge in [0.1, 0.15) is 0 Å². The Balaban J connectivity index is 2.90. The predicted octanol–water partition coefficient (Wildman–Crippen LogP) is 1.32. The molecule has 0 bridgehead atoms. The summed E-state index contributed by atoms with van der Waals surface area (Å²) < 4.78 is 0. The van der Waals surface area contributed by atoms with Crippen molar-refractivity contribution in [3.05, 3.63) is 46.6 Å². The molecule has 0 heterocycles. The molecule has 0 saturated carbocycles. The Labute approximate surface area is 87.3 Å². The summed E-state index contributed by atoms with van der Waals surface area (Å²) in [6.45, 7) is 0.255. The van der Waals surface area contributed by atoms with E-state index in [0.717, 1.165) is 0 Å². The van der Waals surface area contributed by atoms with Gasteiger partial charge in [0.15, 0.2) is 0 Å². The number of halogens is 1. The lowest BCUT2D eigenvalue weighted by Gasteiger charge is -2.00. The second-order valence-corrected chi connectivity index (χ2v) is 3.17. The van der Waals surface area contributed by atoms with Gasteiger partial charge in [-0.3, -0.25) is 4.79 Å². The maximum Gasteiger partial charge on any atom is 0.208 e. The molecule has 4 heteroatoms. The maximum absolute atomic E-state index is 11.6. The summed E-state index contributed by atoms with van der Waals surface area (Å²) in [6, 6.07) is 6.54. The van der Waals surface area contributed by atoms with Crippen LogP contribution in [0.15, 0.2) is 36.0 Å². The number of allylic oxidation sites excluding steroid dienone is 1. The SMILES string of the molecule is NCC=C(N)C(=O)c1ccc(Cl)cc1. The van der Waals surface area contributed by atoms with Gasteiger partial charge in [-0.25, -0.2) is 0 Å². The van der Waals surface area contributed by atoms with Gasteiger partial charge in [-0.1, -0.05) is 11.6 Å². The monoisotopic (exact) mass is 210 g/mol. The number of Topliss-reactive ketones (excluding diaryl/α,β-unsaturated/α-hetero) is 1. The third-order valence-corrected chi connectivity index (χ3v) is 1.96. The molecule has 0 aliphatic rings. The van der Waals surface area contributed by atoms with E-state index in [2.05, 4.69) is 0 Å². The molecule has 0 spiro atoms. The minimum absolute atomic E-state index is 0.162. The molecule has 4 N–H and O–H groups in total. The summed E-state index contributed by atoms with van der Waals surface area (Å²) in [7, 11) is 0. The van der Waals surface area contributed by atoms with Gasteiger partial charge in [-0.2, -0.15) is 0 Å². The van der Waals surface area contributed by atoms with Gasteiger partial charge in [0.25, 0.3) is 0 Å². The zero-order valence-electron chi connectivity index (χ0n) is 7.53. The number of rotatable bonds is 3. The molecule has 0 unspecified atom stereocenters. The van der Waals surface area contributed by atoms with Crippen molar-refractivity contribution in [2.45, 2.75) is 0 Å². The summed E-state index contributed by atoms with van der Waals surface area (Å²) in [4.78, 5) is 11.6. The molecule has 1 aromatic rings. The molecule has 14 heavy (non-hydrogen) atoms. The Morgan fingerprint density at radius 3 is 2.43 bits per heavy atom. The van der Waals surface area contributed by atoms with Crippen LogP contribution in [0, 0.1) is 0 Å². The minimum Gasteiger partial charge on any atom is -0.396 e. The molecule has 0 aliphatic carbocycles. The Kier molecular flexibility index (Phi) is 3.68. The highest BCUT2D eigenvalue weighted by Crippen LogP contribution is 2.11. The van der Waals surface area contributed by atoms with E-state index in [1.807, 2.05) is 0 Å². The molecular formula is C10H11ClN2O. The van der Waals surface area contributed by atoms with Crippen molar-refractivity contribution in [2.24, 2.45) is 11.5 Å². The second-order valence-electron chi connectivity index (χ2n) is 2.73. The lowest BCUT2D eigenvalue weighted by atomic mass is 10.1. The van der Waals surface area contributed by atoms with Crippen LogP contribution in [0.3, 0.4) is 0 Å². The van der Waals surface area contributed by atoms with Gasteiger partial charge in [-0.15, -0.1) is 0 Å². The first-order valence-electron chi connectivity index (χ1n) is 4.11. The number of ketones is 1. The van der Waals surface area contributed by atoms with Crippen molar-refractivity contribution in [1.29, 1.82) is 0 Å². The molecule has 0 amide bonds. The van der Waals surface area contributed by atoms with Gasteiger partial charge in [-0.05, 0) is 30.3 Å². The molecule has 0 aliphatic heterocycles. The molecule has 1 rings (SSSR count). The predicted molar refractivity (Wildman–Crippen MR) is 57.1 cm³/mol. The Morgan fingerprint density at radius 1 is 1.36 bits per heavy atom.